The van der Waals surface area contributed by atoms with Crippen LogP contribution in [0.2, 0.25) is 0 Å². The SMILES string of the molecule is CC(=O)N1CC(C[C@H]2CN(S(=O)(=O)c3cccc(C)c3)c3cc(-c4cc(F)cc(OC(F)F)c4)ccc3O2)C1. The second kappa shape index (κ2) is 10.4. The number of hydrogen-bond donors (Lipinski definition) is 0. The summed E-state index contributed by atoms with van der Waals surface area (Å²) in [5.74, 6) is -0.616. The maximum Gasteiger partial charge on any atom is 0.387 e. The molecule has 0 aromatic heterocycles. The Bertz CT molecular complexity index is 1510. The first-order valence-electron chi connectivity index (χ1n) is 12.4. The Morgan fingerprint density at radius 2 is 1.82 bits per heavy atom. The summed E-state index contributed by atoms with van der Waals surface area (Å²) in [6.45, 7) is 1.41. The first kappa shape index (κ1) is 26.9. The largest absolute Gasteiger partial charge is 0.486 e. The van der Waals surface area contributed by atoms with Crippen LogP contribution < -0.4 is 13.8 Å². The summed E-state index contributed by atoms with van der Waals surface area (Å²) in [4.78, 5) is 13.4. The van der Waals surface area contributed by atoms with Gasteiger partial charge in [-0.1, -0.05) is 18.2 Å². The molecule has 39 heavy (non-hydrogen) atoms. The second-order valence-electron chi connectivity index (χ2n) is 9.85. The Hall–Kier alpha value is -3.73. The maximum atomic E-state index is 14.2. The lowest BCUT2D eigenvalue weighted by molar-refractivity contribution is -0.135. The molecule has 1 saturated heterocycles. The topological polar surface area (TPSA) is 76.2 Å². The predicted octanol–water partition coefficient (Wildman–Crippen LogP) is 5.23. The number of nitrogens with zero attached hydrogens (tertiary/aromatic N) is 2. The molecule has 2 heterocycles. The molecule has 0 saturated carbocycles. The molecule has 0 radical (unpaired) electrons. The highest BCUT2D eigenvalue weighted by molar-refractivity contribution is 7.92. The van der Waals surface area contributed by atoms with Crippen molar-refractivity contribution in [3.05, 3.63) is 72.0 Å². The first-order chi connectivity index (χ1) is 18.5. The van der Waals surface area contributed by atoms with Gasteiger partial charge in [-0.15, -0.1) is 0 Å². The Morgan fingerprint density at radius 3 is 2.51 bits per heavy atom. The summed E-state index contributed by atoms with van der Waals surface area (Å²) in [5, 5.41) is 0. The molecule has 5 rings (SSSR count). The van der Waals surface area contributed by atoms with Gasteiger partial charge in [-0.2, -0.15) is 8.78 Å². The molecule has 1 atom stereocenters. The summed E-state index contributed by atoms with van der Waals surface area (Å²) < 4.78 is 79.4. The minimum absolute atomic E-state index is 0.00297. The van der Waals surface area contributed by atoms with E-state index in [4.69, 9.17) is 4.74 Å². The zero-order valence-electron chi connectivity index (χ0n) is 21.3. The highest BCUT2D eigenvalue weighted by Gasteiger charge is 2.38. The Kier molecular flexibility index (Phi) is 7.19. The van der Waals surface area contributed by atoms with Crippen LogP contribution in [0.3, 0.4) is 0 Å². The Labute approximate surface area is 224 Å². The summed E-state index contributed by atoms with van der Waals surface area (Å²) in [6.07, 6.45) is 0.102. The van der Waals surface area contributed by atoms with Gasteiger partial charge in [0.15, 0.2) is 0 Å². The van der Waals surface area contributed by atoms with Crippen LogP contribution in [0.15, 0.2) is 65.6 Å². The van der Waals surface area contributed by atoms with Crippen molar-refractivity contribution in [3.8, 4) is 22.6 Å². The van der Waals surface area contributed by atoms with Crippen molar-refractivity contribution in [2.24, 2.45) is 5.92 Å². The molecule has 3 aromatic carbocycles. The van der Waals surface area contributed by atoms with Crippen molar-refractivity contribution in [2.75, 3.05) is 23.9 Å². The molecular weight excluding hydrogens is 533 g/mol. The average Bonchev–Trinajstić information content (AvgIpc) is 2.84. The van der Waals surface area contributed by atoms with Gasteiger partial charge in [-0.3, -0.25) is 9.10 Å². The van der Waals surface area contributed by atoms with E-state index in [1.165, 1.54) is 23.4 Å². The lowest BCUT2D eigenvalue weighted by Crippen LogP contribution is -2.52. The number of carbonyl (C=O) groups is 1. The van der Waals surface area contributed by atoms with Crippen LogP contribution in [0.4, 0.5) is 18.9 Å². The fourth-order valence-electron chi connectivity index (χ4n) is 4.99. The molecule has 2 aliphatic heterocycles. The quantitative estimate of drug-likeness (QED) is 0.396. The van der Waals surface area contributed by atoms with Crippen LogP contribution in [-0.2, 0) is 14.8 Å². The molecule has 0 aliphatic carbocycles. The number of rotatable bonds is 7. The maximum absolute atomic E-state index is 14.2. The number of sulfonamides is 1. The summed E-state index contributed by atoms with van der Waals surface area (Å²) in [7, 11) is -4.02. The Balaban J connectivity index is 1.52. The van der Waals surface area contributed by atoms with E-state index in [0.717, 1.165) is 17.7 Å². The van der Waals surface area contributed by atoms with Gasteiger partial charge in [0, 0.05) is 26.1 Å². The summed E-state index contributed by atoms with van der Waals surface area (Å²) in [5.41, 5.74) is 1.67. The number of halogens is 3. The monoisotopic (exact) mass is 560 g/mol. The standard InChI is InChI=1S/C28H27F3N2O5S/c1-17-4-3-5-25(8-17)39(35,36)33-16-24(9-19-14-32(15-19)18(2)34)37-27-7-6-20(12-26(27)33)21-10-22(29)13-23(11-21)38-28(30)31/h3-8,10-13,19,24,28H,9,14-16H2,1-2H3/t24-/m0/s1. The van der Waals surface area contributed by atoms with Gasteiger partial charge >= 0.3 is 6.61 Å². The normalized spacial score (nSPS) is 17.4. The molecule has 3 aromatic rings. The van der Waals surface area contributed by atoms with E-state index in [0.29, 0.717) is 30.8 Å². The van der Waals surface area contributed by atoms with Crippen LogP contribution in [0.25, 0.3) is 11.1 Å². The lowest BCUT2D eigenvalue weighted by atomic mass is 9.92. The van der Waals surface area contributed by atoms with E-state index < -0.39 is 28.6 Å². The number of hydrogen-bond acceptors (Lipinski definition) is 5. The second-order valence-corrected chi connectivity index (χ2v) is 11.7. The zero-order valence-corrected chi connectivity index (χ0v) is 22.1. The van der Waals surface area contributed by atoms with Crippen molar-refractivity contribution in [2.45, 2.75) is 37.9 Å². The number of ether oxygens (including phenoxy) is 2. The van der Waals surface area contributed by atoms with Gasteiger partial charge in [0.05, 0.1) is 17.1 Å². The smallest absolute Gasteiger partial charge is 0.387 e. The molecule has 206 valence electrons. The van der Waals surface area contributed by atoms with Crippen LogP contribution in [0.5, 0.6) is 11.5 Å². The number of alkyl halides is 2. The van der Waals surface area contributed by atoms with Crippen molar-refractivity contribution >= 4 is 21.6 Å². The van der Waals surface area contributed by atoms with Crippen LogP contribution in [0, 0.1) is 18.7 Å². The average molecular weight is 561 g/mol. The van der Waals surface area contributed by atoms with E-state index in [1.54, 1.807) is 48.2 Å². The van der Waals surface area contributed by atoms with Gasteiger partial charge in [0.1, 0.15) is 23.4 Å². The van der Waals surface area contributed by atoms with E-state index in [9.17, 15) is 26.4 Å². The van der Waals surface area contributed by atoms with Gasteiger partial charge < -0.3 is 14.4 Å². The Morgan fingerprint density at radius 1 is 1.05 bits per heavy atom. The third kappa shape index (κ3) is 5.68. The number of amides is 1. The fourth-order valence-corrected chi connectivity index (χ4v) is 6.60. The van der Waals surface area contributed by atoms with Gasteiger partial charge in [-0.25, -0.2) is 12.8 Å². The molecule has 0 bridgehead atoms. The van der Waals surface area contributed by atoms with Crippen molar-refractivity contribution < 1.29 is 35.9 Å². The lowest BCUT2D eigenvalue weighted by Gasteiger charge is -2.42. The molecule has 0 spiro atoms. The number of fused-ring (bicyclic) bond motifs is 1. The molecular formula is C28H27F3N2O5S. The minimum atomic E-state index is -4.02. The van der Waals surface area contributed by atoms with Gasteiger partial charge in [-0.05, 0) is 72.4 Å². The van der Waals surface area contributed by atoms with Crippen molar-refractivity contribution in [1.82, 2.24) is 4.90 Å². The molecule has 0 N–H and O–H groups in total. The molecule has 2 aliphatic rings. The van der Waals surface area contributed by atoms with Crippen LogP contribution >= 0.6 is 0 Å². The first-order valence-corrected chi connectivity index (χ1v) is 13.8. The van der Waals surface area contributed by atoms with Crippen molar-refractivity contribution in [3.63, 3.8) is 0 Å². The molecule has 0 unspecified atom stereocenters. The van der Waals surface area contributed by atoms with E-state index in [-0.39, 0.29) is 40.3 Å². The summed E-state index contributed by atoms with van der Waals surface area (Å²) in [6, 6.07) is 14.6. The van der Waals surface area contributed by atoms with E-state index >= 15 is 0 Å². The highest BCUT2D eigenvalue weighted by Crippen LogP contribution is 2.42. The third-order valence-electron chi connectivity index (χ3n) is 6.90. The third-order valence-corrected chi connectivity index (χ3v) is 8.67. The number of likely N-dealkylation sites (tertiary alicyclic amines) is 1. The van der Waals surface area contributed by atoms with Crippen LogP contribution in [-0.4, -0.2) is 51.6 Å². The van der Waals surface area contributed by atoms with Crippen molar-refractivity contribution in [1.29, 1.82) is 0 Å². The van der Waals surface area contributed by atoms with E-state index in [2.05, 4.69) is 4.74 Å². The molecule has 1 amide bonds. The predicted molar refractivity (Wildman–Crippen MR) is 139 cm³/mol. The van der Waals surface area contributed by atoms with E-state index in [1.807, 2.05) is 0 Å². The number of aryl methyl sites for hydroxylation is 1. The number of carbonyl (C=O) groups excluding carboxylic acids is 1. The molecule has 7 nitrogen and oxygen atoms in total. The molecule has 11 heteroatoms. The van der Waals surface area contributed by atoms with Gasteiger partial charge in [0.25, 0.3) is 10.0 Å². The minimum Gasteiger partial charge on any atom is -0.486 e. The fraction of sp³-hybridized carbons (Fsp3) is 0.321. The molecule has 1 fully saturated rings. The highest BCUT2D eigenvalue weighted by atomic mass is 32.2. The summed E-state index contributed by atoms with van der Waals surface area (Å²) >= 11 is 0. The number of anilines is 1. The van der Waals surface area contributed by atoms with Gasteiger partial charge in [0.2, 0.25) is 5.91 Å². The van der Waals surface area contributed by atoms with Crippen LogP contribution in [0.1, 0.15) is 18.9 Å². The zero-order chi connectivity index (χ0) is 27.9. The number of benzene rings is 3.